The molecule has 0 aromatic heterocycles. The Bertz CT molecular complexity index is 1690. The van der Waals surface area contributed by atoms with Crippen molar-refractivity contribution in [3.8, 4) is 0 Å². The van der Waals surface area contributed by atoms with Crippen LogP contribution < -0.4 is 5.32 Å². The lowest BCUT2D eigenvalue weighted by Gasteiger charge is -2.41. The van der Waals surface area contributed by atoms with Crippen LogP contribution in [0.15, 0.2) is 85.1 Å². The molecular formula is C73H129NO10. The van der Waals surface area contributed by atoms with Crippen LogP contribution in [0.4, 0.5) is 0 Å². The van der Waals surface area contributed by atoms with Gasteiger partial charge < -0.3 is 45.1 Å². The van der Waals surface area contributed by atoms with Crippen LogP contribution in [0.1, 0.15) is 303 Å². The first-order chi connectivity index (χ1) is 41.2. The molecular weight excluding hydrogens is 1050 g/mol. The first kappa shape index (κ1) is 78.9. The Hall–Kier alpha value is -3.16. The third-order valence-electron chi connectivity index (χ3n) is 16.0. The minimum atomic E-state index is -1.63. The second-order valence-electron chi connectivity index (χ2n) is 23.9. The predicted molar refractivity (Wildman–Crippen MR) is 352 cm³/mol. The Morgan fingerprint density at radius 3 is 1.29 bits per heavy atom. The van der Waals surface area contributed by atoms with E-state index < -0.39 is 67.4 Å². The van der Waals surface area contributed by atoms with E-state index in [2.05, 4.69) is 86.8 Å². The number of rotatable bonds is 59. The fraction of sp³-hybridized carbons (Fsp3) is 0.781. The summed E-state index contributed by atoms with van der Waals surface area (Å²) in [6.45, 7) is 5.66. The van der Waals surface area contributed by atoms with Crippen molar-refractivity contribution in [1.29, 1.82) is 0 Å². The molecule has 6 N–H and O–H groups in total. The smallest absolute Gasteiger partial charge is 0.306 e. The topological polar surface area (TPSA) is 175 Å². The number of allylic oxidation sites excluding steroid dienone is 13. The molecule has 1 saturated heterocycles. The quantitative estimate of drug-likeness (QED) is 0.0195. The molecule has 1 aliphatic heterocycles. The molecule has 0 aromatic carbocycles. The number of amides is 1. The van der Waals surface area contributed by atoms with Gasteiger partial charge in [-0.3, -0.25) is 9.59 Å². The van der Waals surface area contributed by atoms with Crippen LogP contribution in [0.5, 0.6) is 0 Å². The molecule has 0 spiro atoms. The predicted octanol–water partition coefficient (Wildman–Crippen LogP) is 17.7. The van der Waals surface area contributed by atoms with Gasteiger partial charge in [0.15, 0.2) is 12.4 Å². The number of hydrogen-bond donors (Lipinski definition) is 6. The van der Waals surface area contributed by atoms with Gasteiger partial charge in [-0.25, -0.2) is 0 Å². The zero-order valence-corrected chi connectivity index (χ0v) is 54.0. The van der Waals surface area contributed by atoms with Crippen LogP contribution in [-0.2, 0) is 23.8 Å². The number of ether oxygens (including phenoxy) is 3. The standard InChI is InChI=1S/C73H129NO10/c1-4-7-10-13-16-19-22-25-27-29-30-31-32-33-34-35-36-37-38-39-41-43-46-49-52-55-58-61-68(78)84-71-70(80)69(79)67(62-75)83-73(71)82-63-64(65(76)59-56-53-50-47-44-24-21-18-15-12-9-6-3)74-72(81)66(77)60-57-54-51-48-45-42-40-28-26-23-20-17-14-11-8-5-2/h8,11,17,20,25-28,42,45,51,54,56,59,64-67,69-71,73,75-77,79-80H,4-7,9-10,12-16,18-19,21-24,29-41,43-44,46-50,52-53,55,57-58,60-63H2,1-3H3,(H,74,81)/b11-8-,20-17-,27-25+,28-26-,45-42-,54-51-,59-56+. The van der Waals surface area contributed by atoms with Gasteiger partial charge in [-0.2, -0.15) is 0 Å². The molecule has 1 heterocycles. The van der Waals surface area contributed by atoms with Gasteiger partial charge in [-0.05, 0) is 89.9 Å². The van der Waals surface area contributed by atoms with Crippen LogP contribution in [0.3, 0.4) is 0 Å². The molecule has 1 rings (SSSR count). The average Bonchev–Trinajstić information content (AvgIpc) is 3.54. The van der Waals surface area contributed by atoms with E-state index in [9.17, 15) is 35.1 Å². The molecule has 11 nitrogen and oxygen atoms in total. The molecule has 0 saturated carbocycles. The summed E-state index contributed by atoms with van der Waals surface area (Å²) in [6.07, 6.45) is 69.4. The fourth-order valence-electron chi connectivity index (χ4n) is 10.6. The highest BCUT2D eigenvalue weighted by molar-refractivity contribution is 5.80. The maximum Gasteiger partial charge on any atom is 0.306 e. The summed E-state index contributed by atoms with van der Waals surface area (Å²) in [5.74, 6) is -1.25. The molecule has 11 heteroatoms. The summed E-state index contributed by atoms with van der Waals surface area (Å²) < 4.78 is 17.7. The number of aliphatic hydroxyl groups is 5. The lowest BCUT2D eigenvalue weighted by molar-refractivity contribution is -0.305. The molecule has 0 bridgehead atoms. The SMILES string of the molecule is CC/C=C\C/C=C\C/C=C\C/C=C\C/C=C\CCC(O)C(=O)NC(COC1OC(CO)C(O)C(O)C1OC(=O)CCCCCCCCCCCCCCCCCCC/C=C/CCCCCCCC)C(O)/C=C/CCCCCCCCCCCC. The first-order valence-corrected chi connectivity index (χ1v) is 34.9. The molecule has 1 amide bonds. The van der Waals surface area contributed by atoms with E-state index >= 15 is 0 Å². The van der Waals surface area contributed by atoms with E-state index in [-0.39, 0.29) is 19.4 Å². The molecule has 8 atom stereocenters. The lowest BCUT2D eigenvalue weighted by atomic mass is 9.99. The van der Waals surface area contributed by atoms with E-state index in [1.54, 1.807) is 6.08 Å². The molecule has 0 radical (unpaired) electrons. The third-order valence-corrected chi connectivity index (χ3v) is 16.0. The normalized spacial score (nSPS) is 19.0. The van der Waals surface area contributed by atoms with Crippen LogP contribution in [0, 0.1) is 0 Å². The molecule has 1 fully saturated rings. The van der Waals surface area contributed by atoms with Crippen LogP contribution in [0.2, 0.25) is 0 Å². The van der Waals surface area contributed by atoms with E-state index in [1.165, 1.54) is 180 Å². The Morgan fingerprint density at radius 1 is 0.476 bits per heavy atom. The van der Waals surface area contributed by atoms with Crippen molar-refractivity contribution in [1.82, 2.24) is 5.32 Å². The van der Waals surface area contributed by atoms with Crippen molar-refractivity contribution in [2.45, 2.75) is 352 Å². The molecule has 0 aromatic rings. The van der Waals surface area contributed by atoms with Crippen molar-refractivity contribution in [2.24, 2.45) is 0 Å². The van der Waals surface area contributed by atoms with Crippen LogP contribution in [-0.4, -0.2) is 99.6 Å². The molecule has 84 heavy (non-hydrogen) atoms. The number of unbranched alkanes of at least 4 members (excludes halogenated alkanes) is 33. The molecule has 8 unspecified atom stereocenters. The number of esters is 1. The zero-order chi connectivity index (χ0) is 61.0. The number of carbonyl (C=O) groups is 2. The fourth-order valence-corrected chi connectivity index (χ4v) is 10.6. The zero-order valence-electron chi connectivity index (χ0n) is 54.0. The lowest BCUT2D eigenvalue weighted by Crippen LogP contribution is -2.61. The van der Waals surface area contributed by atoms with E-state index in [0.717, 1.165) is 77.0 Å². The summed E-state index contributed by atoms with van der Waals surface area (Å²) in [6, 6.07) is -1.06. The Morgan fingerprint density at radius 2 is 0.857 bits per heavy atom. The summed E-state index contributed by atoms with van der Waals surface area (Å²) >= 11 is 0. The second kappa shape index (κ2) is 60.1. The van der Waals surface area contributed by atoms with Crippen LogP contribution in [0.25, 0.3) is 0 Å². The second-order valence-corrected chi connectivity index (χ2v) is 23.9. The summed E-state index contributed by atoms with van der Waals surface area (Å²) in [5.41, 5.74) is 0. The van der Waals surface area contributed by atoms with E-state index in [0.29, 0.717) is 12.8 Å². The number of nitrogens with one attached hydrogen (secondary N) is 1. The highest BCUT2D eigenvalue weighted by atomic mass is 16.7. The highest BCUT2D eigenvalue weighted by Crippen LogP contribution is 2.26. The summed E-state index contributed by atoms with van der Waals surface area (Å²) in [4.78, 5) is 26.6. The number of aliphatic hydroxyl groups excluding tert-OH is 5. The van der Waals surface area contributed by atoms with Crippen molar-refractivity contribution >= 4 is 11.9 Å². The number of carbonyl (C=O) groups excluding carboxylic acids is 2. The van der Waals surface area contributed by atoms with Gasteiger partial charge in [-0.15, -0.1) is 0 Å². The molecule has 1 aliphatic rings. The average molecular weight is 1180 g/mol. The minimum Gasteiger partial charge on any atom is -0.454 e. The first-order valence-electron chi connectivity index (χ1n) is 34.9. The van der Waals surface area contributed by atoms with Gasteiger partial charge in [-0.1, -0.05) is 292 Å². The number of hydrogen-bond acceptors (Lipinski definition) is 10. The minimum absolute atomic E-state index is 0.116. The Balaban J connectivity index is 2.57. The van der Waals surface area contributed by atoms with Crippen molar-refractivity contribution < 1.29 is 49.3 Å². The maximum absolute atomic E-state index is 13.4. The summed E-state index contributed by atoms with van der Waals surface area (Å²) in [5, 5.41) is 57.0. The van der Waals surface area contributed by atoms with Crippen molar-refractivity contribution in [3.63, 3.8) is 0 Å². The van der Waals surface area contributed by atoms with Gasteiger partial charge >= 0.3 is 5.97 Å². The largest absolute Gasteiger partial charge is 0.454 e. The van der Waals surface area contributed by atoms with Gasteiger partial charge in [0.05, 0.1) is 25.4 Å². The van der Waals surface area contributed by atoms with E-state index in [1.807, 2.05) is 18.2 Å². The highest BCUT2D eigenvalue weighted by Gasteiger charge is 2.47. The van der Waals surface area contributed by atoms with Gasteiger partial charge in [0, 0.05) is 6.42 Å². The Kier molecular flexibility index (Phi) is 56.5. The third kappa shape index (κ3) is 47.0. The summed E-state index contributed by atoms with van der Waals surface area (Å²) in [7, 11) is 0. The maximum atomic E-state index is 13.4. The monoisotopic (exact) mass is 1180 g/mol. The van der Waals surface area contributed by atoms with Crippen LogP contribution >= 0.6 is 0 Å². The van der Waals surface area contributed by atoms with Gasteiger partial charge in [0.2, 0.25) is 5.91 Å². The molecule has 486 valence electrons. The molecule has 0 aliphatic carbocycles. The van der Waals surface area contributed by atoms with Gasteiger partial charge in [0.25, 0.3) is 0 Å². The van der Waals surface area contributed by atoms with E-state index in [4.69, 9.17) is 14.2 Å². The van der Waals surface area contributed by atoms with Crippen molar-refractivity contribution in [3.05, 3.63) is 85.1 Å². The van der Waals surface area contributed by atoms with Gasteiger partial charge in [0.1, 0.15) is 24.4 Å². The Labute approximate surface area is 514 Å². The van der Waals surface area contributed by atoms with Crippen molar-refractivity contribution in [2.75, 3.05) is 13.2 Å².